The predicted molar refractivity (Wildman–Crippen MR) is 116 cm³/mol. The summed E-state index contributed by atoms with van der Waals surface area (Å²) >= 11 is 0. The number of piperidine rings is 1. The molecular weight excluding hydrogens is 367 g/mol. The maximum absolute atomic E-state index is 14.8. The SMILES string of the molecule is CC.COc1ccccc1-c1cc(C)c(F)c2[nH]c(C(=O)N3CCCCC3)cc12. The summed E-state index contributed by atoms with van der Waals surface area (Å²) < 4.78 is 20.3. The van der Waals surface area contributed by atoms with E-state index in [1.54, 1.807) is 20.1 Å². The number of amides is 1. The van der Waals surface area contributed by atoms with Crippen molar-refractivity contribution in [2.24, 2.45) is 0 Å². The van der Waals surface area contributed by atoms with Crippen LogP contribution in [0.5, 0.6) is 5.75 Å². The van der Waals surface area contributed by atoms with Gasteiger partial charge in [-0.05, 0) is 55.5 Å². The number of rotatable bonds is 3. The molecule has 0 bridgehead atoms. The summed E-state index contributed by atoms with van der Waals surface area (Å²) in [6, 6.07) is 11.2. The van der Waals surface area contributed by atoms with Crippen molar-refractivity contribution in [1.82, 2.24) is 9.88 Å². The molecule has 1 aliphatic heterocycles. The molecule has 29 heavy (non-hydrogen) atoms. The second-order valence-corrected chi connectivity index (χ2v) is 7.08. The van der Waals surface area contributed by atoms with E-state index in [1.165, 1.54) is 0 Å². The monoisotopic (exact) mass is 396 g/mol. The molecule has 1 amide bonds. The number of ether oxygens (including phenoxy) is 1. The van der Waals surface area contributed by atoms with Crippen molar-refractivity contribution in [2.75, 3.05) is 20.2 Å². The minimum absolute atomic E-state index is 0.0612. The first-order valence-electron chi connectivity index (χ1n) is 10.3. The summed E-state index contributed by atoms with van der Waals surface area (Å²) in [4.78, 5) is 17.8. The van der Waals surface area contributed by atoms with Crippen LogP contribution in [0.4, 0.5) is 4.39 Å². The number of fused-ring (bicyclic) bond motifs is 1. The number of halogens is 1. The fourth-order valence-electron chi connectivity index (χ4n) is 3.87. The van der Waals surface area contributed by atoms with Gasteiger partial charge in [0.2, 0.25) is 0 Å². The first-order valence-corrected chi connectivity index (χ1v) is 10.3. The van der Waals surface area contributed by atoms with E-state index in [-0.39, 0.29) is 11.7 Å². The summed E-state index contributed by atoms with van der Waals surface area (Å²) in [5.74, 6) is 0.338. The van der Waals surface area contributed by atoms with E-state index < -0.39 is 0 Å². The highest BCUT2D eigenvalue weighted by Crippen LogP contribution is 2.37. The zero-order valence-corrected chi connectivity index (χ0v) is 17.6. The van der Waals surface area contributed by atoms with Crippen molar-refractivity contribution in [1.29, 1.82) is 0 Å². The molecule has 1 aromatic heterocycles. The van der Waals surface area contributed by atoms with Crippen LogP contribution >= 0.6 is 0 Å². The van der Waals surface area contributed by atoms with Crippen LogP contribution in [0.1, 0.15) is 49.2 Å². The average Bonchev–Trinajstić information content (AvgIpc) is 3.23. The molecule has 0 saturated carbocycles. The van der Waals surface area contributed by atoms with Gasteiger partial charge in [0, 0.05) is 24.0 Å². The van der Waals surface area contributed by atoms with Crippen molar-refractivity contribution in [2.45, 2.75) is 40.0 Å². The lowest BCUT2D eigenvalue weighted by molar-refractivity contribution is 0.0719. The van der Waals surface area contributed by atoms with Crippen LogP contribution in [0, 0.1) is 12.7 Å². The number of benzene rings is 2. The van der Waals surface area contributed by atoms with Gasteiger partial charge >= 0.3 is 0 Å². The highest BCUT2D eigenvalue weighted by Gasteiger charge is 2.23. The van der Waals surface area contributed by atoms with Gasteiger partial charge in [-0.15, -0.1) is 0 Å². The number of H-pyrrole nitrogens is 1. The Morgan fingerprint density at radius 3 is 2.45 bits per heavy atom. The minimum Gasteiger partial charge on any atom is -0.496 e. The molecule has 1 N–H and O–H groups in total. The van der Waals surface area contributed by atoms with Gasteiger partial charge in [0.15, 0.2) is 0 Å². The topological polar surface area (TPSA) is 45.3 Å². The number of hydrogen-bond acceptors (Lipinski definition) is 2. The number of aromatic amines is 1. The number of likely N-dealkylation sites (tertiary alicyclic amines) is 1. The molecule has 1 saturated heterocycles. The predicted octanol–water partition coefficient (Wildman–Crippen LogP) is 5.94. The van der Waals surface area contributed by atoms with Crippen molar-refractivity contribution >= 4 is 16.8 Å². The maximum atomic E-state index is 14.8. The molecule has 3 aromatic rings. The number of aryl methyl sites for hydroxylation is 1. The fraction of sp³-hybridized carbons (Fsp3) is 0.375. The summed E-state index contributed by atoms with van der Waals surface area (Å²) in [6.45, 7) is 7.25. The standard InChI is InChI=1S/C22H23FN2O2.C2H6/c1-14-12-16(15-8-4-5-9-19(15)27-2)17-13-18(24-21(17)20(14)23)22(26)25-10-6-3-7-11-25;1-2/h4-5,8-9,12-13,24H,3,6-7,10-11H2,1-2H3;1-2H3. The first-order chi connectivity index (χ1) is 14.1. The van der Waals surface area contributed by atoms with Crippen molar-refractivity contribution in [3.8, 4) is 16.9 Å². The highest BCUT2D eigenvalue weighted by molar-refractivity contribution is 6.04. The third-order valence-electron chi connectivity index (χ3n) is 5.31. The Labute approximate surface area is 171 Å². The largest absolute Gasteiger partial charge is 0.496 e. The molecule has 2 heterocycles. The molecule has 154 valence electrons. The molecule has 4 nitrogen and oxygen atoms in total. The lowest BCUT2D eigenvalue weighted by Gasteiger charge is -2.26. The van der Waals surface area contributed by atoms with Crippen molar-refractivity contribution in [3.63, 3.8) is 0 Å². The number of aromatic nitrogens is 1. The van der Waals surface area contributed by atoms with Gasteiger partial charge in [0.1, 0.15) is 17.3 Å². The molecule has 0 unspecified atom stereocenters. The molecule has 0 radical (unpaired) electrons. The number of carbonyl (C=O) groups is 1. The second-order valence-electron chi connectivity index (χ2n) is 7.08. The van der Waals surface area contributed by atoms with Crippen LogP contribution in [0.2, 0.25) is 0 Å². The van der Waals surface area contributed by atoms with Gasteiger partial charge < -0.3 is 14.6 Å². The smallest absolute Gasteiger partial charge is 0.270 e. The number of nitrogens with zero attached hydrogens (tertiary/aromatic N) is 1. The molecule has 1 aliphatic rings. The molecule has 5 heteroatoms. The minimum atomic E-state index is -0.318. The Balaban J connectivity index is 0.00000117. The van der Waals surface area contributed by atoms with E-state index in [0.29, 0.717) is 22.2 Å². The van der Waals surface area contributed by atoms with Crippen LogP contribution in [0.15, 0.2) is 36.4 Å². The third-order valence-corrected chi connectivity index (χ3v) is 5.31. The Morgan fingerprint density at radius 2 is 1.76 bits per heavy atom. The fourth-order valence-corrected chi connectivity index (χ4v) is 3.87. The van der Waals surface area contributed by atoms with Crippen LogP contribution in [-0.2, 0) is 0 Å². The Kier molecular flexibility index (Phi) is 6.57. The van der Waals surface area contributed by atoms with E-state index in [0.717, 1.165) is 49.2 Å². The molecule has 1 fully saturated rings. The number of para-hydroxylation sites is 1. The maximum Gasteiger partial charge on any atom is 0.270 e. The number of hydrogen-bond donors (Lipinski definition) is 1. The molecule has 0 aliphatic carbocycles. The first kappa shape index (κ1) is 20.9. The van der Waals surface area contributed by atoms with Crippen LogP contribution in [0.25, 0.3) is 22.0 Å². The van der Waals surface area contributed by atoms with Gasteiger partial charge in [-0.25, -0.2) is 4.39 Å². The van der Waals surface area contributed by atoms with E-state index >= 15 is 0 Å². The van der Waals surface area contributed by atoms with Gasteiger partial charge in [-0.2, -0.15) is 0 Å². The van der Waals surface area contributed by atoms with E-state index in [9.17, 15) is 9.18 Å². The normalized spacial score (nSPS) is 13.8. The van der Waals surface area contributed by atoms with Crippen LogP contribution < -0.4 is 4.74 Å². The van der Waals surface area contributed by atoms with E-state index in [4.69, 9.17) is 4.74 Å². The van der Waals surface area contributed by atoms with Gasteiger partial charge in [-0.1, -0.05) is 32.0 Å². The summed E-state index contributed by atoms with van der Waals surface area (Å²) in [5, 5.41) is 0.697. The molecule has 0 atom stereocenters. The lowest BCUT2D eigenvalue weighted by Crippen LogP contribution is -2.35. The summed E-state index contributed by atoms with van der Waals surface area (Å²) in [5.41, 5.74) is 3.07. The average molecular weight is 397 g/mol. The zero-order chi connectivity index (χ0) is 21.0. The lowest BCUT2D eigenvalue weighted by atomic mass is 9.98. The molecular formula is C24H29FN2O2. The number of carbonyl (C=O) groups excluding carboxylic acids is 1. The Hall–Kier alpha value is -2.82. The Morgan fingerprint density at radius 1 is 1.07 bits per heavy atom. The zero-order valence-electron chi connectivity index (χ0n) is 17.6. The van der Waals surface area contributed by atoms with Gasteiger partial charge in [0.05, 0.1) is 12.6 Å². The quantitative estimate of drug-likeness (QED) is 0.595. The highest BCUT2D eigenvalue weighted by atomic mass is 19.1. The second kappa shape index (κ2) is 9.12. The summed E-state index contributed by atoms with van der Waals surface area (Å²) in [7, 11) is 1.62. The van der Waals surface area contributed by atoms with Crippen LogP contribution in [-0.4, -0.2) is 36.0 Å². The van der Waals surface area contributed by atoms with E-state index in [2.05, 4.69) is 4.98 Å². The van der Waals surface area contributed by atoms with Crippen molar-refractivity contribution < 1.29 is 13.9 Å². The molecule has 0 spiro atoms. The Bertz CT molecular complexity index is 1000. The third kappa shape index (κ3) is 4.00. The molecule has 2 aromatic carbocycles. The van der Waals surface area contributed by atoms with Crippen molar-refractivity contribution in [3.05, 3.63) is 53.5 Å². The number of methoxy groups -OCH3 is 1. The molecule has 4 rings (SSSR count). The summed E-state index contributed by atoms with van der Waals surface area (Å²) in [6.07, 6.45) is 3.19. The number of nitrogens with one attached hydrogen (secondary N) is 1. The van der Waals surface area contributed by atoms with Gasteiger partial charge in [0.25, 0.3) is 5.91 Å². The van der Waals surface area contributed by atoms with E-state index in [1.807, 2.05) is 49.1 Å². The van der Waals surface area contributed by atoms with Crippen LogP contribution in [0.3, 0.4) is 0 Å². The van der Waals surface area contributed by atoms with Gasteiger partial charge in [-0.3, -0.25) is 4.79 Å².